The molecule has 0 unspecified atom stereocenters. The smallest absolute Gasteiger partial charge is 0.251 e. The number of hydrogen-bond acceptors (Lipinski definition) is 2. The average Bonchev–Trinajstić information content (AvgIpc) is 2.78. The van der Waals surface area contributed by atoms with Crippen LogP contribution in [0.4, 0.5) is 4.39 Å². The molecule has 0 spiro atoms. The molecule has 0 heterocycles. The Morgan fingerprint density at radius 1 is 1.06 bits per heavy atom. The molecule has 2 aromatic rings. The van der Waals surface area contributed by atoms with Crippen molar-refractivity contribution in [1.29, 1.82) is 0 Å². The molecular formula is C26H31FN2O2. The molecule has 164 valence electrons. The summed E-state index contributed by atoms with van der Waals surface area (Å²) in [7, 11) is 1.60. The van der Waals surface area contributed by atoms with Gasteiger partial charge in [0.15, 0.2) is 0 Å². The average molecular weight is 423 g/mol. The number of amides is 2. The van der Waals surface area contributed by atoms with Gasteiger partial charge in [-0.1, -0.05) is 49.6 Å². The van der Waals surface area contributed by atoms with Crippen molar-refractivity contribution in [2.24, 2.45) is 0 Å². The molecule has 4 nitrogen and oxygen atoms in total. The Kier molecular flexibility index (Phi) is 7.99. The van der Waals surface area contributed by atoms with Crippen LogP contribution in [0.25, 0.3) is 5.57 Å². The lowest BCUT2D eigenvalue weighted by molar-refractivity contribution is -0.116. The van der Waals surface area contributed by atoms with Crippen LogP contribution < -0.4 is 10.6 Å². The summed E-state index contributed by atoms with van der Waals surface area (Å²) in [5, 5.41) is 5.73. The molecule has 1 saturated carbocycles. The summed E-state index contributed by atoms with van der Waals surface area (Å²) in [5.74, 6) is -0.696. The molecule has 1 fully saturated rings. The van der Waals surface area contributed by atoms with E-state index in [9.17, 15) is 14.0 Å². The monoisotopic (exact) mass is 422 g/mol. The first-order chi connectivity index (χ1) is 15.0. The van der Waals surface area contributed by atoms with E-state index in [2.05, 4.69) is 10.6 Å². The zero-order valence-electron chi connectivity index (χ0n) is 18.3. The second-order valence-electron chi connectivity index (χ2n) is 8.17. The normalized spacial score (nSPS) is 14.9. The third-order valence-electron chi connectivity index (χ3n) is 5.90. The Morgan fingerprint density at radius 2 is 1.77 bits per heavy atom. The highest BCUT2D eigenvalue weighted by atomic mass is 19.1. The summed E-state index contributed by atoms with van der Waals surface area (Å²) in [6.07, 6.45) is 8.54. The van der Waals surface area contributed by atoms with Gasteiger partial charge in [-0.3, -0.25) is 9.59 Å². The van der Waals surface area contributed by atoms with Gasteiger partial charge in [-0.25, -0.2) is 4.39 Å². The predicted octanol–water partition coefficient (Wildman–Crippen LogP) is 4.96. The molecule has 0 saturated heterocycles. The summed E-state index contributed by atoms with van der Waals surface area (Å²) in [6.45, 7) is 1.83. The van der Waals surface area contributed by atoms with Gasteiger partial charge in [0.1, 0.15) is 5.82 Å². The Balaban J connectivity index is 1.77. The maximum Gasteiger partial charge on any atom is 0.251 e. The van der Waals surface area contributed by atoms with E-state index in [0.29, 0.717) is 29.5 Å². The number of allylic oxidation sites excluding steroid dienone is 1. The molecule has 0 bridgehead atoms. The van der Waals surface area contributed by atoms with Gasteiger partial charge in [0.05, 0.1) is 0 Å². The second-order valence-corrected chi connectivity index (χ2v) is 8.17. The molecule has 5 heteroatoms. The first-order valence-electron chi connectivity index (χ1n) is 11.1. The van der Waals surface area contributed by atoms with Crippen LogP contribution in [-0.4, -0.2) is 24.9 Å². The standard InChI is InChI=1S/C26H31FN2O2/c1-18-8-6-13-23(27)24(18)22(26(31)29-21-10-4-3-5-11-21)12-7-9-19-14-16-20(17-15-19)25(30)28-2/h6,8,12-17,21H,3-5,7,9-11H2,1-2H3,(H,28,30)(H,29,31)/b22-12+. The van der Waals surface area contributed by atoms with Crippen LogP contribution in [0.1, 0.15) is 65.6 Å². The van der Waals surface area contributed by atoms with Crippen molar-refractivity contribution in [3.05, 3.63) is 76.6 Å². The quantitative estimate of drug-likeness (QED) is 0.620. The third kappa shape index (κ3) is 6.03. The number of benzene rings is 2. The molecule has 2 N–H and O–H groups in total. The van der Waals surface area contributed by atoms with Crippen LogP contribution in [0.5, 0.6) is 0 Å². The molecule has 1 aliphatic rings. The molecule has 31 heavy (non-hydrogen) atoms. The molecule has 2 aromatic carbocycles. The fourth-order valence-corrected chi connectivity index (χ4v) is 4.14. The first-order valence-corrected chi connectivity index (χ1v) is 11.1. The summed E-state index contributed by atoms with van der Waals surface area (Å²) in [5.41, 5.74) is 3.20. The van der Waals surface area contributed by atoms with Crippen LogP contribution in [-0.2, 0) is 11.2 Å². The molecule has 2 amide bonds. The summed E-state index contributed by atoms with van der Waals surface area (Å²) >= 11 is 0. The Morgan fingerprint density at radius 3 is 2.42 bits per heavy atom. The van der Waals surface area contributed by atoms with Gasteiger partial charge in [-0.2, -0.15) is 0 Å². The fraction of sp³-hybridized carbons (Fsp3) is 0.385. The molecule has 1 aliphatic carbocycles. The number of nitrogens with one attached hydrogen (secondary N) is 2. The lowest BCUT2D eigenvalue weighted by Gasteiger charge is -2.24. The van der Waals surface area contributed by atoms with E-state index >= 15 is 0 Å². The molecule has 0 aromatic heterocycles. The van der Waals surface area contributed by atoms with Gasteiger partial charge in [0.25, 0.3) is 11.8 Å². The SMILES string of the molecule is CNC(=O)c1ccc(CC/C=C(/C(=O)NC2CCCCC2)c2c(C)cccc2F)cc1. The minimum absolute atomic E-state index is 0.122. The maximum atomic E-state index is 14.7. The lowest BCUT2D eigenvalue weighted by Crippen LogP contribution is -2.36. The molecule has 3 rings (SSSR count). The van der Waals surface area contributed by atoms with Crippen molar-refractivity contribution in [2.75, 3.05) is 7.05 Å². The fourth-order valence-electron chi connectivity index (χ4n) is 4.14. The minimum atomic E-state index is -0.375. The predicted molar refractivity (Wildman–Crippen MR) is 122 cm³/mol. The van der Waals surface area contributed by atoms with Crippen molar-refractivity contribution in [3.63, 3.8) is 0 Å². The second kappa shape index (κ2) is 10.9. The van der Waals surface area contributed by atoms with Crippen molar-refractivity contribution in [1.82, 2.24) is 10.6 Å². The highest BCUT2D eigenvalue weighted by molar-refractivity contribution is 6.20. The van der Waals surface area contributed by atoms with E-state index in [0.717, 1.165) is 36.8 Å². The molecular weight excluding hydrogens is 391 g/mol. The lowest BCUT2D eigenvalue weighted by atomic mass is 9.93. The van der Waals surface area contributed by atoms with Crippen molar-refractivity contribution in [2.45, 2.75) is 57.9 Å². The van der Waals surface area contributed by atoms with Crippen LogP contribution >= 0.6 is 0 Å². The number of halogens is 1. The van der Waals surface area contributed by atoms with Gasteiger partial charge in [-0.05, 0) is 61.9 Å². The number of carbonyl (C=O) groups excluding carboxylic acids is 2. The largest absolute Gasteiger partial charge is 0.355 e. The first kappa shape index (κ1) is 22.7. The van der Waals surface area contributed by atoms with E-state index in [1.54, 1.807) is 25.2 Å². The van der Waals surface area contributed by atoms with E-state index < -0.39 is 0 Å². The maximum absolute atomic E-state index is 14.7. The van der Waals surface area contributed by atoms with Gasteiger partial charge in [0.2, 0.25) is 0 Å². The Labute approximate surface area is 183 Å². The van der Waals surface area contributed by atoms with Crippen molar-refractivity contribution >= 4 is 17.4 Å². The molecule has 0 radical (unpaired) electrons. The molecule has 0 aliphatic heterocycles. The van der Waals surface area contributed by atoms with E-state index in [-0.39, 0.29) is 23.7 Å². The van der Waals surface area contributed by atoms with Crippen LogP contribution in [0.3, 0.4) is 0 Å². The van der Waals surface area contributed by atoms with Crippen molar-refractivity contribution in [3.8, 4) is 0 Å². The topological polar surface area (TPSA) is 58.2 Å². The van der Waals surface area contributed by atoms with Crippen LogP contribution in [0, 0.1) is 12.7 Å². The highest BCUT2D eigenvalue weighted by Gasteiger charge is 2.22. The number of carbonyl (C=O) groups is 2. The van der Waals surface area contributed by atoms with Crippen LogP contribution in [0.15, 0.2) is 48.5 Å². The summed E-state index contributed by atoms with van der Waals surface area (Å²) in [6, 6.07) is 12.5. The number of hydrogen-bond donors (Lipinski definition) is 2. The van der Waals surface area contributed by atoms with E-state index in [1.165, 1.54) is 12.5 Å². The number of aryl methyl sites for hydroxylation is 2. The summed E-state index contributed by atoms with van der Waals surface area (Å²) < 4.78 is 14.7. The van der Waals surface area contributed by atoms with E-state index in [4.69, 9.17) is 0 Å². The molecule has 0 atom stereocenters. The zero-order chi connectivity index (χ0) is 22.2. The van der Waals surface area contributed by atoms with Gasteiger partial charge >= 0.3 is 0 Å². The minimum Gasteiger partial charge on any atom is -0.355 e. The zero-order valence-corrected chi connectivity index (χ0v) is 18.3. The number of rotatable bonds is 7. The highest BCUT2D eigenvalue weighted by Crippen LogP contribution is 2.25. The Hall–Kier alpha value is -2.95. The third-order valence-corrected chi connectivity index (χ3v) is 5.90. The van der Waals surface area contributed by atoms with Gasteiger partial charge in [-0.15, -0.1) is 0 Å². The summed E-state index contributed by atoms with van der Waals surface area (Å²) in [4.78, 5) is 24.8. The van der Waals surface area contributed by atoms with Gasteiger partial charge < -0.3 is 10.6 Å². The van der Waals surface area contributed by atoms with Gasteiger partial charge in [0, 0.05) is 29.8 Å². The van der Waals surface area contributed by atoms with Crippen LogP contribution in [0.2, 0.25) is 0 Å². The van der Waals surface area contributed by atoms with E-state index in [1.807, 2.05) is 31.2 Å². The van der Waals surface area contributed by atoms with Crippen molar-refractivity contribution < 1.29 is 14.0 Å². The Bertz CT molecular complexity index is 924.